The molecule has 0 fully saturated rings. The van der Waals surface area contributed by atoms with Crippen molar-refractivity contribution < 1.29 is 9.59 Å². The molecule has 0 saturated carbocycles. The molecule has 1 aromatic carbocycles. The Morgan fingerprint density at radius 2 is 1.68 bits per heavy atom. The number of nitrogens with one attached hydrogen (secondary N) is 1. The second kappa shape index (κ2) is 9.71. The highest BCUT2D eigenvalue weighted by molar-refractivity contribution is 5.82. The molecule has 1 aromatic heterocycles. The Kier molecular flexibility index (Phi) is 7.61. The number of nitrogens with zero attached hydrogens (tertiary/aromatic N) is 3. The summed E-state index contributed by atoms with van der Waals surface area (Å²) in [6, 6.07) is 7.89. The van der Waals surface area contributed by atoms with E-state index in [9.17, 15) is 9.59 Å². The molecule has 2 aromatic rings. The van der Waals surface area contributed by atoms with E-state index in [1.54, 1.807) is 0 Å². The largest absolute Gasteiger partial charge is 0.346 e. The summed E-state index contributed by atoms with van der Waals surface area (Å²) in [4.78, 5) is 31.9. The van der Waals surface area contributed by atoms with Crippen LogP contribution in [0.4, 0.5) is 0 Å². The van der Waals surface area contributed by atoms with E-state index in [4.69, 9.17) is 4.98 Å². The SMILES string of the molecule is CCC(=O)NC(C)c1nc2ccccc2n1CC(=O)N(C(C)CC)C(C)CC. The molecule has 0 aliphatic rings. The van der Waals surface area contributed by atoms with E-state index in [1.807, 2.05) is 47.6 Å². The molecule has 1 heterocycles. The minimum absolute atomic E-state index is 0.0294. The number of benzene rings is 1. The lowest BCUT2D eigenvalue weighted by molar-refractivity contribution is -0.136. The molecule has 154 valence electrons. The third-order valence-corrected chi connectivity index (χ3v) is 5.48. The van der Waals surface area contributed by atoms with Gasteiger partial charge in [0.2, 0.25) is 11.8 Å². The summed E-state index contributed by atoms with van der Waals surface area (Å²) in [5.74, 6) is 0.769. The number of carbonyl (C=O) groups excluding carboxylic acids is 2. The average molecular weight is 387 g/mol. The van der Waals surface area contributed by atoms with Crippen LogP contribution >= 0.6 is 0 Å². The Morgan fingerprint density at radius 1 is 1.07 bits per heavy atom. The van der Waals surface area contributed by atoms with Gasteiger partial charge in [0.1, 0.15) is 12.4 Å². The zero-order chi connectivity index (χ0) is 20.8. The smallest absolute Gasteiger partial charge is 0.243 e. The van der Waals surface area contributed by atoms with Crippen LogP contribution in [-0.4, -0.2) is 38.3 Å². The Bertz CT molecular complexity index is 804. The van der Waals surface area contributed by atoms with Gasteiger partial charge in [-0.1, -0.05) is 32.9 Å². The Balaban J connectivity index is 2.42. The first-order chi connectivity index (χ1) is 13.3. The van der Waals surface area contributed by atoms with Gasteiger partial charge < -0.3 is 14.8 Å². The number of fused-ring (bicyclic) bond motifs is 1. The number of carbonyl (C=O) groups is 2. The standard InChI is InChI=1S/C22H34N4O2/c1-7-15(4)26(16(5)8-2)21(28)14-25-19-13-11-10-12-18(19)24-22(25)17(6)23-20(27)9-3/h10-13,15-17H,7-9,14H2,1-6H3,(H,23,27). The van der Waals surface area contributed by atoms with E-state index in [-0.39, 0.29) is 36.5 Å². The summed E-state index contributed by atoms with van der Waals surface area (Å²) < 4.78 is 1.95. The molecule has 0 radical (unpaired) electrons. The molecule has 6 heteroatoms. The van der Waals surface area contributed by atoms with Gasteiger partial charge in [0.15, 0.2) is 0 Å². The summed E-state index contributed by atoms with van der Waals surface area (Å²) in [7, 11) is 0. The first-order valence-electron chi connectivity index (χ1n) is 10.4. The van der Waals surface area contributed by atoms with Crippen LogP contribution in [0.15, 0.2) is 24.3 Å². The molecular formula is C22H34N4O2. The Hall–Kier alpha value is -2.37. The fourth-order valence-corrected chi connectivity index (χ4v) is 3.54. The minimum atomic E-state index is -0.270. The zero-order valence-corrected chi connectivity index (χ0v) is 18.0. The van der Waals surface area contributed by atoms with Crippen LogP contribution in [0.5, 0.6) is 0 Å². The van der Waals surface area contributed by atoms with Crippen molar-refractivity contribution >= 4 is 22.8 Å². The van der Waals surface area contributed by atoms with Crippen LogP contribution in [0.25, 0.3) is 11.0 Å². The van der Waals surface area contributed by atoms with E-state index < -0.39 is 0 Å². The highest BCUT2D eigenvalue weighted by Crippen LogP contribution is 2.22. The summed E-state index contributed by atoms with van der Waals surface area (Å²) in [5.41, 5.74) is 1.75. The molecule has 0 bridgehead atoms. The number of rotatable bonds is 9. The van der Waals surface area contributed by atoms with Gasteiger partial charge in [0, 0.05) is 18.5 Å². The first kappa shape index (κ1) is 21.9. The molecule has 2 rings (SSSR count). The van der Waals surface area contributed by atoms with Crippen molar-refractivity contribution in [1.29, 1.82) is 0 Å². The summed E-state index contributed by atoms with van der Waals surface area (Å²) >= 11 is 0. The fourth-order valence-electron chi connectivity index (χ4n) is 3.54. The molecule has 0 spiro atoms. The molecular weight excluding hydrogens is 352 g/mol. The lowest BCUT2D eigenvalue weighted by Gasteiger charge is -2.34. The molecule has 6 nitrogen and oxygen atoms in total. The van der Waals surface area contributed by atoms with E-state index in [0.717, 1.165) is 23.9 Å². The number of amides is 2. The van der Waals surface area contributed by atoms with Gasteiger partial charge in [0.25, 0.3) is 0 Å². The van der Waals surface area contributed by atoms with Crippen molar-refractivity contribution in [2.24, 2.45) is 0 Å². The average Bonchev–Trinajstić information content (AvgIpc) is 3.06. The van der Waals surface area contributed by atoms with Crippen LogP contribution < -0.4 is 5.32 Å². The molecule has 0 aliphatic carbocycles. The minimum Gasteiger partial charge on any atom is -0.346 e. The van der Waals surface area contributed by atoms with Crippen LogP contribution in [0.1, 0.15) is 72.7 Å². The number of hydrogen-bond acceptors (Lipinski definition) is 3. The lowest BCUT2D eigenvalue weighted by Crippen LogP contribution is -2.46. The summed E-state index contributed by atoms with van der Waals surface area (Å²) in [6.07, 6.45) is 2.24. The quantitative estimate of drug-likeness (QED) is 0.707. The first-order valence-corrected chi connectivity index (χ1v) is 10.4. The fraction of sp³-hybridized carbons (Fsp3) is 0.591. The molecule has 0 aliphatic heterocycles. The van der Waals surface area contributed by atoms with Crippen molar-refractivity contribution in [2.45, 2.75) is 85.5 Å². The van der Waals surface area contributed by atoms with Crippen molar-refractivity contribution in [3.63, 3.8) is 0 Å². The number of aromatic nitrogens is 2. The van der Waals surface area contributed by atoms with Gasteiger partial charge in [-0.2, -0.15) is 0 Å². The molecule has 2 amide bonds. The van der Waals surface area contributed by atoms with Crippen LogP contribution in [0.3, 0.4) is 0 Å². The monoisotopic (exact) mass is 386 g/mol. The number of hydrogen-bond donors (Lipinski definition) is 1. The third-order valence-electron chi connectivity index (χ3n) is 5.48. The maximum Gasteiger partial charge on any atom is 0.243 e. The zero-order valence-electron chi connectivity index (χ0n) is 18.0. The van der Waals surface area contributed by atoms with Crippen molar-refractivity contribution in [3.05, 3.63) is 30.1 Å². The van der Waals surface area contributed by atoms with Gasteiger partial charge in [0.05, 0.1) is 17.1 Å². The second-order valence-electron chi connectivity index (χ2n) is 7.50. The van der Waals surface area contributed by atoms with Gasteiger partial charge in [-0.3, -0.25) is 9.59 Å². The van der Waals surface area contributed by atoms with Gasteiger partial charge in [-0.25, -0.2) is 4.98 Å². The summed E-state index contributed by atoms with van der Waals surface area (Å²) in [5, 5.41) is 2.97. The second-order valence-corrected chi connectivity index (χ2v) is 7.50. The van der Waals surface area contributed by atoms with Crippen molar-refractivity contribution in [3.8, 4) is 0 Å². The Labute approximate surface area is 168 Å². The molecule has 1 N–H and O–H groups in total. The predicted octanol–water partition coefficient (Wildman–Crippen LogP) is 4.05. The van der Waals surface area contributed by atoms with E-state index in [0.29, 0.717) is 12.2 Å². The lowest BCUT2D eigenvalue weighted by atomic mass is 10.1. The van der Waals surface area contributed by atoms with Crippen LogP contribution in [-0.2, 0) is 16.1 Å². The number of para-hydroxylation sites is 2. The normalized spacial score (nSPS) is 14.5. The highest BCUT2D eigenvalue weighted by Gasteiger charge is 2.26. The van der Waals surface area contributed by atoms with Gasteiger partial charge in [-0.05, 0) is 45.7 Å². The van der Waals surface area contributed by atoms with E-state index in [1.165, 1.54) is 0 Å². The third kappa shape index (κ3) is 4.72. The molecule has 3 unspecified atom stereocenters. The topological polar surface area (TPSA) is 67.2 Å². The van der Waals surface area contributed by atoms with Crippen molar-refractivity contribution in [1.82, 2.24) is 19.8 Å². The maximum absolute atomic E-state index is 13.3. The maximum atomic E-state index is 13.3. The molecule has 3 atom stereocenters. The van der Waals surface area contributed by atoms with Gasteiger partial charge in [-0.15, -0.1) is 0 Å². The van der Waals surface area contributed by atoms with Crippen molar-refractivity contribution in [2.75, 3.05) is 0 Å². The summed E-state index contributed by atoms with van der Waals surface area (Å²) in [6.45, 7) is 12.4. The van der Waals surface area contributed by atoms with E-state index >= 15 is 0 Å². The number of imidazole rings is 1. The van der Waals surface area contributed by atoms with Crippen LogP contribution in [0, 0.1) is 0 Å². The van der Waals surface area contributed by atoms with Gasteiger partial charge >= 0.3 is 0 Å². The predicted molar refractivity (Wildman–Crippen MR) is 113 cm³/mol. The molecule has 28 heavy (non-hydrogen) atoms. The Morgan fingerprint density at radius 3 is 2.25 bits per heavy atom. The highest BCUT2D eigenvalue weighted by atomic mass is 16.2. The molecule has 0 saturated heterocycles. The van der Waals surface area contributed by atoms with Crippen LogP contribution in [0.2, 0.25) is 0 Å². The van der Waals surface area contributed by atoms with E-state index in [2.05, 4.69) is 33.0 Å².